The minimum Gasteiger partial charge on any atom is -0.539 e. The number of rotatable bonds is 7. The highest BCUT2D eigenvalue weighted by molar-refractivity contribution is 6.70. The molecule has 0 aliphatic carbocycles. The maximum absolute atomic E-state index is 6.16. The van der Waals surface area contributed by atoms with Crippen molar-refractivity contribution in [3.63, 3.8) is 0 Å². The maximum atomic E-state index is 6.16. The van der Waals surface area contributed by atoms with E-state index in [1.165, 1.54) is 0 Å². The molecule has 0 heterocycles. The lowest BCUT2D eigenvalue weighted by atomic mass is 10.1. The molecule has 0 aliphatic rings. The average molecular weight is 343 g/mol. The number of hydrogen-bond acceptors (Lipinski definition) is 4. The molecule has 0 saturated carbocycles. The van der Waals surface area contributed by atoms with Crippen LogP contribution in [0, 0.1) is 0 Å². The van der Waals surface area contributed by atoms with E-state index in [0.29, 0.717) is 17.2 Å². The van der Waals surface area contributed by atoms with Crippen molar-refractivity contribution in [2.75, 3.05) is 14.2 Å². The molecular formula is C16H30O4Si2. The summed E-state index contributed by atoms with van der Waals surface area (Å²) in [5.41, 5.74) is 1.04. The molecule has 0 aromatic heterocycles. The number of ether oxygens (including phenoxy) is 2. The van der Waals surface area contributed by atoms with Gasteiger partial charge in [-0.3, -0.25) is 0 Å². The third-order valence-electron chi connectivity index (χ3n) is 2.89. The van der Waals surface area contributed by atoms with Crippen molar-refractivity contribution in [3.8, 4) is 17.2 Å². The summed E-state index contributed by atoms with van der Waals surface area (Å²) in [6.07, 6.45) is -0.00426. The summed E-state index contributed by atoms with van der Waals surface area (Å²) >= 11 is 0. The Bertz CT molecular complexity index is 479. The van der Waals surface area contributed by atoms with Gasteiger partial charge in [-0.25, -0.2) is 0 Å². The fraction of sp³-hybridized carbons (Fsp3) is 0.625. The minimum atomic E-state index is -1.76. The van der Waals surface area contributed by atoms with Gasteiger partial charge in [0.2, 0.25) is 8.32 Å². The van der Waals surface area contributed by atoms with Gasteiger partial charge >= 0.3 is 0 Å². The van der Waals surface area contributed by atoms with Crippen LogP contribution in [0.25, 0.3) is 0 Å². The van der Waals surface area contributed by atoms with Gasteiger partial charge in [-0.2, -0.15) is 0 Å². The normalized spacial score (nSPS) is 13.7. The van der Waals surface area contributed by atoms with Crippen molar-refractivity contribution in [3.05, 3.63) is 17.7 Å². The summed E-state index contributed by atoms with van der Waals surface area (Å²) in [5.74, 6) is 2.08. The fourth-order valence-electron chi connectivity index (χ4n) is 2.14. The second-order valence-corrected chi connectivity index (χ2v) is 16.2. The van der Waals surface area contributed by atoms with Crippen LogP contribution in [0.3, 0.4) is 0 Å². The monoisotopic (exact) mass is 342 g/mol. The Morgan fingerprint density at radius 1 is 0.818 bits per heavy atom. The molecular weight excluding hydrogens is 312 g/mol. The summed E-state index contributed by atoms with van der Waals surface area (Å²) in [4.78, 5) is 0. The van der Waals surface area contributed by atoms with Crippen molar-refractivity contribution < 1.29 is 18.3 Å². The zero-order chi connectivity index (χ0) is 17.1. The predicted octanol–water partition coefficient (Wildman–Crippen LogP) is 4.83. The molecule has 126 valence electrons. The largest absolute Gasteiger partial charge is 0.539 e. The van der Waals surface area contributed by atoms with Crippen molar-refractivity contribution in [1.29, 1.82) is 0 Å². The Labute approximate surface area is 137 Å². The molecule has 0 bridgehead atoms. The summed E-state index contributed by atoms with van der Waals surface area (Å²) in [6, 6.07) is 3.98. The molecule has 1 aromatic carbocycles. The molecule has 1 aromatic rings. The fourth-order valence-corrected chi connectivity index (χ4v) is 4.15. The van der Waals surface area contributed by atoms with Crippen LogP contribution in [-0.4, -0.2) is 30.9 Å². The lowest BCUT2D eigenvalue weighted by molar-refractivity contribution is 0.217. The number of hydrogen-bond donors (Lipinski definition) is 0. The molecule has 1 rings (SSSR count). The van der Waals surface area contributed by atoms with Gasteiger partial charge in [0.15, 0.2) is 25.6 Å². The second-order valence-electron chi connectivity index (χ2n) is 7.34. The molecule has 0 aliphatic heterocycles. The molecule has 6 heteroatoms. The first kappa shape index (κ1) is 19.1. The molecule has 0 radical (unpaired) electrons. The van der Waals surface area contributed by atoms with Crippen LogP contribution < -0.4 is 13.9 Å². The highest BCUT2D eigenvalue weighted by atomic mass is 28.4. The maximum Gasteiger partial charge on any atom is 0.242 e. The van der Waals surface area contributed by atoms with E-state index in [4.69, 9.17) is 18.3 Å². The molecule has 1 unspecified atom stereocenters. The first-order valence-corrected chi connectivity index (χ1v) is 14.4. The van der Waals surface area contributed by atoms with Gasteiger partial charge in [0, 0.05) is 0 Å². The summed E-state index contributed by atoms with van der Waals surface area (Å²) in [7, 11) is -0.0717. The molecule has 0 spiro atoms. The Morgan fingerprint density at radius 3 is 1.59 bits per heavy atom. The second kappa shape index (κ2) is 7.06. The summed E-state index contributed by atoms with van der Waals surface area (Å²) in [5, 5.41) is 0. The lowest BCUT2D eigenvalue weighted by Gasteiger charge is -2.27. The summed E-state index contributed by atoms with van der Waals surface area (Å²) < 4.78 is 23.4. The Balaban J connectivity index is 3.24. The van der Waals surface area contributed by atoms with Crippen LogP contribution in [0.4, 0.5) is 0 Å². The van der Waals surface area contributed by atoms with Crippen LogP contribution in [0.2, 0.25) is 39.3 Å². The highest BCUT2D eigenvalue weighted by Gasteiger charge is 2.25. The van der Waals surface area contributed by atoms with Crippen LogP contribution >= 0.6 is 0 Å². The van der Waals surface area contributed by atoms with Crippen LogP contribution in [0.15, 0.2) is 12.1 Å². The van der Waals surface area contributed by atoms with Crippen LogP contribution in [0.5, 0.6) is 17.2 Å². The van der Waals surface area contributed by atoms with Crippen LogP contribution in [0.1, 0.15) is 18.6 Å². The number of methoxy groups -OCH3 is 2. The lowest BCUT2D eigenvalue weighted by Crippen LogP contribution is -2.30. The first-order valence-electron chi connectivity index (χ1n) is 7.59. The molecule has 4 nitrogen and oxygen atoms in total. The third-order valence-corrected chi connectivity index (χ3v) is 4.77. The van der Waals surface area contributed by atoms with Crippen molar-refractivity contribution in [2.45, 2.75) is 52.3 Å². The van der Waals surface area contributed by atoms with Gasteiger partial charge in [0.25, 0.3) is 0 Å². The van der Waals surface area contributed by atoms with E-state index < -0.39 is 16.6 Å². The molecule has 0 saturated heterocycles. The summed E-state index contributed by atoms with van der Waals surface area (Å²) in [6.45, 7) is 15.0. The zero-order valence-corrected chi connectivity index (χ0v) is 17.4. The van der Waals surface area contributed by atoms with E-state index in [-0.39, 0.29) is 6.10 Å². The molecule has 0 N–H and O–H groups in total. The van der Waals surface area contributed by atoms with Gasteiger partial charge in [0.1, 0.15) is 0 Å². The van der Waals surface area contributed by atoms with E-state index in [2.05, 4.69) is 46.2 Å². The third kappa shape index (κ3) is 5.66. The van der Waals surface area contributed by atoms with E-state index >= 15 is 0 Å². The van der Waals surface area contributed by atoms with Crippen molar-refractivity contribution >= 4 is 16.6 Å². The molecule has 1 atom stereocenters. The Hall–Kier alpha value is -0.986. The first-order chi connectivity index (χ1) is 9.96. The molecule has 0 amide bonds. The molecule has 0 fully saturated rings. The quantitative estimate of drug-likeness (QED) is 0.665. The number of benzene rings is 1. The topological polar surface area (TPSA) is 36.9 Å². The highest BCUT2D eigenvalue weighted by Crippen LogP contribution is 2.42. The van der Waals surface area contributed by atoms with Gasteiger partial charge < -0.3 is 18.3 Å². The smallest absolute Gasteiger partial charge is 0.242 e. The SMILES string of the molecule is COc1cc(C(C)O[Si](C)(C)C)cc(OC)c1O[Si](C)(C)C. The average Bonchev–Trinajstić information content (AvgIpc) is 2.34. The van der Waals surface area contributed by atoms with E-state index in [0.717, 1.165) is 5.56 Å². The van der Waals surface area contributed by atoms with Gasteiger partial charge in [0.05, 0.1) is 20.3 Å². The van der Waals surface area contributed by atoms with Crippen molar-refractivity contribution in [2.24, 2.45) is 0 Å². The van der Waals surface area contributed by atoms with Crippen molar-refractivity contribution in [1.82, 2.24) is 0 Å². The van der Waals surface area contributed by atoms with Gasteiger partial charge in [-0.1, -0.05) is 0 Å². The Morgan fingerprint density at radius 2 is 1.27 bits per heavy atom. The minimum absolute atomic E-state index is 0.00426. The predicted molar refractivity (Wildman–Crippen MR) is 96.4 cm³/mol. The van der Waals surface area contributed by atoms with Crippen LogP contribution in [-0.2, 0) is 4.43 Å². The molecule has 22 heavy (non-hydrogen) atoms. The van der Waals surface area contributed by atoms with E-state index in [1.54, 1.807) is 14.2 Å². The van der Waals surface area contributed by atoms with E-state index in [9.17, 15) is 0 Å². The zero-order valence-electron chi connectivity index (χ0n) is 15.4. The van der Waals surface area contributed by atoms with Gasteiger partial charge in [-0.15, -0.1) is 0 Å². The van der Waals surface area contributed by atoms with Gasteiger partial charge in [-0.05, 0) is 63.9 Å². The van der Waals surface area contributed by atoms with E-state index in [1.807, 2.05) is 12.1 Å². The standard InChI is InChI=1S/C16H30O4Si2/c1-12(19-21(4,5)6)13-10-14(17-2)16(15(11-13)18-3)20-22(7,8)9/h10-12H,1-9H3. The Kier molecular flexibility index (Phi) is 6.12.